The molecule has 0 aliphatic rings. The Morgan fingerprint density at radius 2 is 1.16 bits per heavy atom. The second kappa shape index (κ2) is 14.3. The van der Waals surface area contributed by atoms with Gasteiger partial charge in [-0.3, -0.25) is 34.4 Å². The Bertz CT molecular complexity index is 1410. The van der Waals surface area contributed by atoms with Crippen molar-refractivity contribution in [2.75, 3.05) is 0 Å². The minimum absolute atomic E-state index is 0.0441. The Balaban J connectivity index is 1.86. The van der Waals surface area contributed by atoms with Crippen LogP contribution in [0.4, 0.5) is 0 Å². The van der Waals surface area contributed by atoms with E-state index >= 15 is 0 Å². The lowest BCUT2D eigenvalue weighted by molar-refractivity contribution is 0.0787. The number of phenolic OH excluding ortho intramolecular Hbond substituents is 1. The lowest BCUT2D eigenvalue weighted by atomic mass is 9.98. The van der Waals surface area contributed by atoms with Crippen LogP contribution in [0, 0.1) is 5.92 Å². The van der Waals surface area contributed by atoms with Gasteiger partial charge >= 0.3 is 0 Å². The highest BCUT2D eigenvalue weighted by molar-refractivity contribution is 7.93. The van der Waals surface area contributed by atoms with Crippen LogP contribution in [0.2, 0.25) is 0 Å². The Morgan fingerprint density at radius 1 is 0.721 bits per heavy atom. The molecule has 0 radical (unpaired) electrons. The van der Waals surface area contributed by atoms with Crippen molar-refractivity contribution < 1.29 is 23.9 Å². The quantitative estimate of drug-likeness (QED) is 0.0780. The summed E-state index contributed by atoms with van der Waals surface area (Å²) in [5.41, 5.74) is 38.3. The van der Waals surface area contributed by atoms with Gasteiger partial charge in [-0.2, -0.15) is 0 Å². The minimum atomic E-state index is -1.93. The summed E-state index contributed by atoms with van der Waals surface area (Å²) in [7, 11) is 0. The molecule has 0 aliphatic carbocycles. The number of hydrogen-bond donors (Lipinski definition) is 8. The molecule has 0 heterocycles. The van der Waals surface area contributed by atoms with Crippen LogP contribution in [0.3, 0.4) is 0 Å². The van der Waals surface area contributed by atoms with Gasteiger partial charge in [0.2, 0.25) is 0 Å². The number of phenols is 1. The molecule has 0 bridgehead atoms. The predicted molar refractivity (Wildman–Crippen MR) is 173 cm³/mol. The highest BCUT2D eigenvalue weighted by atomic mass is 32.2. The summed E-state index contributed by atoms with van der Waals surface area (Å²) in [6.07, 6.45) is 7.86. The third-order valence-corrected chi connectivity index (χ3v) is 6.26. The van der Waals surface area contributed by atoms with Gasteiger partial charge in [-0.1, -0.05) is 62.4 Å². The average molecular weight is 611 g/mol. The van der Waals surface area contributed by atoms with E-state index in [9.17, 15) is 9.66 Å². The Kier molecular flexibility index (Phi) is 11.2. The lowest BCUT2D eigenvalue weighted by Crippen LogP contribution is -2.63. The first-order valence-electron chi connectivity index (χ1n) is 13.6. The first kappa shape index (κ1) is 33.9. The molecule has 0 aliphatic heterocycles. The summed E-state index contributed by atoms with van der Waals surface area (Å²) in [5.74, 6) is -2.80. The fraction of sp³-hybridized carbons (Fsp3) is 0.290. The Morgan fingerprint density at radius 3 is 1.56 bits per heavy atom. The van der Waals surface area contributed by atoms with Crippen LogP contribution >= 0.6 is 12.0 Å². The Labute approximate surface area is 256 Å². The molecule has 43 heavy (non-hydrogen) atoms. The number of aromatic hydroxyl groups is 1. The summed E-state index contributed by atoms with van der Waals surface area (Å²) in [5, 5.41) is 10.4. The van der Waals surface area contributed by atoms with Gasteiger partial charge in [0.25, 0.3) is 11.9 Å². The fourth-order valence-corrected chi connectivity index (χ4v) is 4.56. The molecule has 3 aromatic rings. The molecule has 0 fully saturated rings. The van der Waals surface area contributed by atoms with Gasteiger partial charge in [0, 0.05) is 17.6 Å². The molecule has 0 saturated carbocycles. The van der Waals surface area contributed by atoms with E-state index in [4.69, 9.17) is 48.6 Å². The maximum Gasteiger partial charge on any atom is 0.271 e. The summed E-state index contributed by atoms with van der Waals surface area (Å²) in [4.78, 5) is 0.429. The van der Waals surface area contributed by atoms with Gasteiger partial charge in [0.05, 0.1) is 11.0 Å². The van der Waals surface area contributed by atoms with E-state index in [-0.39, 0.29) is 23.5 Å². The van der Waals surface area contributed by atoms with E-state index < -0.39 is 11.9 Å². The number of benzene rings is 3. The van der Waals surface area contributed by atoms with Crippen LogP contribution in [0.15, 0.2) is 53.4 Å². The van der Waals surface area contributed by atoms with Gasteiger partial charge in [-0.15, -0.1) is 0 Å². The van der Waals surface area contributed by atoms with Crippen molar-refractivity contribution in [3.63, 3.8) is 0 Å². The molecule has 3 rings (SSSR count). The third kappa shape index (κ3) is 10.9. The molecule has 0 spiro atoms. The summed E-state index contributed by atoms with van der Waals surface area (Å²) < 4.78 is 26.6. The van der Waals surface area contributed by atoms with Gasteiger partial charge in [0.15, 0.2) is 11.5 Å². The van der Waals surface area contributed by atoms with Gasteiger partial charge in [-0.25, -0.2) is 0 Å². The molecule has 0 aromatic heterocycles. The SMILES string of the molecule is CC(C)Cc1c(OC(N)(N)N)cc(/C=C/c2ccc(/C=C/c3cc(O)c(OC(C)C)c(SO)c3)cc2)cc1OC(N)(N)N. The van der Waals surface area contributed by atoms with Crippen LogP contribution in [-0.2, 0) is 6.42 Å². The van der Waals surface area contributed by atoms with Crippen molar-refractivity contribution in [2.24, 2.45) is 40.3 Å². The normalized spacial score (nSPS) is 12.6. The first-order valence-corrected chi connectivity index (χ1v) is 14.4. The highest BCUT2D eigenvalue weighted by Gasteiger charge is 2.24. The third-order valence-electron chi connectivity index (χ3n) is 5.76. The average Bonchev–Trinajstić information content (AvgIpc) is 2.88. The maximum absolute atomic E-state index is 10.4. The Hall–Kier alpha value is -3.59. The lowest BCUT2D eigenvalue weighted by Gasteiger charge is -2.27. The van der Waals surface area contributed by atoms with Crippen molar-refractivity contribution in [2.45, 2.75) is 57.1 Å². The monoisotopic (exact) mass is 610 g/mol. The van der Waals surface area contributed by atoms with Crippen LogP contribution in [0.1, 0.15) is 55.5 Å². The summed E-state index contributed by atoms with van der Waals surface area (Å²) >= 11 is 0.523. The number of ether oxygens (including phenoxy) is 3. The molecular formula is C31H42N6O5S. The van der Waals surface area contributed by atoms with Crippen LogP contribution in [0.5, 0.6) is 23.0 Å². The molecule has 0 unspecified atom stereocenters. The van der Waals surface area contributed by atoms with Crippen LogP contribution in [0.25, 0.3) is 24.3 Å². The van der Waals surface area contributed by atoms with Crippen molar-refractivity contribution in [1.82, 2.24) is 0 Å². The van der Waals surface area contributed by atoms with Crippen molar-refractivity contribution in [1.29, 1.82) is 0 Å². The predicted octanol–water partition coefficient (Wildman–Crippen LogP) is 4.02. The topological polar surface area (TPSA) is 224 Å². The molecule has 12 heteroatoms. The van der Waals surface area contributed by atoms with E-state index in [1.807, 2.05) is 76.3 Å². The zero-order valence-electron chi connectivity index (χ0n) is 24.8. The zero-order chi connectivity index (χ0) is 31.9. The number of nitrogens with two attached hydrogens (primary N) is 6. The van der Waals surface area contributed by atoms with Crippen molar-refractivity contribution in [3.8, 4) is 23.0 Å². The van der Waals surface area contributed by atoms with E-state index in [2.05, 4.69) is 0 Å². The smallest absolute Gasteiger partial charge is 0.271 e. The molecule has 3 aromatic carbocycles. The molecule has 11 nitrogen and oxygen atoms in total. The molecule has 0 saturated heterocycles. The number of rotatable bonds is 13. The van der Waals surface area contributed by atoms with Gasteiger partial charge < -0.3 is 23.9 Å². The maximum atomic E-state index is 10.4. The van der Waals surface area contributed by atoms with E-state index in [0.717, 1.165) is 11.1 Å². The van der Waals surface area contributed by atoms with Gasteiger partial charge in [0.1, 0.15) is 11.5 Å². The number of hydrogen-bond acceptors (Lipinski definition) is 12. The van der Waals surface area contributed by atoms with Crippen LogP contribution in [-0.4, -0.2) is 27.7 Å². The van der Waals surface area contributed by atoms with Crippen molar-refractivity contribution in [3.05, 3.63) is 76.3 Å². The molecule has 232 valence electrons. The van der Waals surface area contributed by atoms with E-state index in [1.165, 1.54) is 0 Å². The van der Waals surface area contributed by atoms with Crippen molar-refractivity contribution >= 4 is 36.3 Å². The van der Waals surface area contributed by atoms with Gasteiger partial charge in [-0.05, 0) is 72.7 Å². The van der Waals surface area contributed by atoms with Crippen LogP contribution < -0.4 is 48.6 Å². The second-order valence-corrected chi connectivity index (χ2v) is 11.6. The largest absolute Gasteiger partial charge is 0.504 e. The first-order chi connectivity index (χ1) is 20.0. The standard InChI is InChI=1S/C31H42N6O5S/c1-18(2)13-24-26(41-30(32,33)34)15-23(16-27(24)42-31(35,36)37)12-10-21-7-5-20(6-8-21)9-11-22-14-25(38)29(40-19(3)4)28(17-22)43-39/h5-12,14-19,38-39H,13,32-37H2,1-4H3/b11-9+,12-10+. The molecule has 14 N–H and O–H groups in total. The summed E-state index contributed by atoms with van der Waals surface area (Å²) in [6, 6.07) is 14.6. The second-order valence-electron chi connectivity index (χ2n) is 11.0. The van der Waals surface area contributed by atoms with E-state index in [0.29, 0.717) is 51.5 Å². The molecule has 0 atom stereocenters. The van der Waals surface area contributed by atoms with E-state index in [1.54, 1.807) is 24.3 Å². The highest BCUT2D eigenvalue weighted by Crippen LogP contribution is 2.38. The molecular weight excluding hydrogens is 568 g/mol. The zero-order valence-corrected chi connectivity index (χ0v) is 25.6. The fourth-order valence-electron chi connectivity index (χ4n) is 4.14. The summed E-state index contributed by atoms with van der Waals surface area (Å²) in [6.45, 7) is 7.74. The minimum Gasteiger partial charge on any atom is -0.504 e. The molecule has 0 amide bonds.